The molecule has 1 aliphatic rings. The van der Waals surface area contributed by atoms with Gasteiger partial charge in [-0.25, -0.2) is 10.2 Å². The summed E-state index contributed by atoms with van der Waals surface area (Å²) in [6.45, 7) is 0.531. The molecule has 0 radical (unpaired) electrons. The summed E-state index contributed by atoms with van der Waals surface area (Å²) < 4.78 is 24.2. The maximum atomic E-state index is 13.3. The summed E-state index contributed by atoms with van der Waals surface area (Å²) in [4.78, 5) is 11.2. The Labute approximate surface area is 110 Å². The van der Waals surface area contributed by atoms with Crippen molar-refractivity contribution < 1.29 is 18.7 Å². The van der Waals surface area contributed by atoms with Crippen molar-refractivity contribution >= 4 is 5.91 Å². The van der Waals surface area contributed by atoms with Crippen molar-refractivity contribution in [1.29, 1.82) is 0 Å². The van der Waals surface area contributed by atoms with Crippen LogP contribution in [0, 0.1) is 5.82 Å². The molecule has 1 heterocycles. The molecule has 0 aromatic heterocycles. The Morgan fingerprint density at radius 3 is 3.00 bits per heavy atom. The number of hydrogen-bond donors (Lipinski definition) is 2. The third kappa shape index (κ3) is 3.73. The van der Waals surface area contributed by atoms with E-state index in [0.29, 0.717) is 18.6 Å². The van der Waals surface area contributed by atoms with Crippen LogP contribution in [0.25, 0.3) is 0 Å². The first-order valence-corrected chi connectivity index (χ1v) is 6.17. The van der Waals surface area contributed by atoms with Crippen LogP contribution >= 0.6 is 0 Å². The topological polar surface area (TPSA) is 73.6 Å². The number of rotatable bonds is 5. The second-order valence-electron chi connectivity index (χ2n) is 4.44. The smallest absolute Gasteiger partial charge is 0.263 e. The van der Waals surface area contributed by atoms with Crippen LogP contribution in [0.3, 0.4) is 0 Å². The van der Waals surface area contributed by atoms with E-state index < -0.39 is 6.10 Å². The first kappa shape index (κ1) is 13.9. The largest absolute Gasteiger partial charge is 0.374 e. The molecule has 1 aromatic carbocycles. The van der Waals surface area contributed by atoms with Gasteiger partial charge in [-0.15, -0.1) is 0 Å². The summed E-state index contributed by atoms with van der Waals surface area (Å²) in [7, 11) is 0. The fraction of sp³-hybridized carbons (Fsp3) is 0.462. The van der Waals surface area contributed by atoms with Crippen LogP contribution < -0.4 is 11.3 Å². The fourth-order valence-corrected chi connectivity index (χ4v) is 2.03. The minimum absolute atomic E-state index is 0.144. The van der Waals surface area contributed by atoms with E-state index in [0.717, 1.165) is 6.42 Å². The second-order valence-corrected chi connectivity index (χ2v) is 4.44. The first-order chi connectivity index (χ1) is 9.20. The number of carbonyl (C=O) groups is 1. The third-order valence-electron chi connectivity index (χ3n) is 3.06. The van der Waals surface area contributed by atoms with Crippen molar-refractivity contribution in [3.05, 3.63) is 35.6 Å². The lowest BCUT2D eigenvalue weighted by atomic mass is 10.2. The molecule has 1 aromatic rings. The lowest BCUT2D eigenvalue weighted by Gasteiger charge is -2.13. The average Bonchev–Trinajstić information content (AvgIpc) is 2.89. The van der Waals surface area contributed by atoms with Gasteiger partial charge in [0, 0.05) is 5.56 Å². The van der Waals surface area contributed by atoms with Gasteiger partial charge in [0.15, 0.2) is 0 Å². The van der Waals surface area contributed by atoms with Gasteiger partial charge in [0.25, 0.3) is 5.91 Å². The highest BCUT2D eigenvalue weighted by Crippen LogP contribution is 2.20. The van der Waals surface area contributed by atoms with Crippen LogP contribution in [0.4, 0.5) is 4.39 Å². The molecule has 1 amide bonds. The zero-order valence-electron chi connectivity index (χ0n) is 10.5. The van der Waals surface area contributed by atoms with Crippen LogP contribution in [0.15, 0.2) is 24.3 Å². The van der Waals surface area contributed by atoms with Crippen LogP contribution in [0.1, 0.15) is 18.4 Å². The van der Waals surface area contributed by atoms with Crippen LogP contribution in [0.2, 0.25) is 0 Å². The van der Waals surface area contributed by atoms with E-state index in [-0.39, 0.29) is 24.4 Å². The van der Waals surface area contributed by atoms with Crippen LogP contribution in [-0.4, -0.2) is 24.7 Å². The van der Waals surface area contributed by atoms with Gasteiger partial charge in [-0.2, -0.15) is 0 Å². The third-order valence-corrected chi connectivity index (χ3v) is 3.06. The van der Waals surface area contributed by atoms with Crippen molar-refractivity contribution in [3.8, 4) is 0 Å². The number of hydrogen-bond acceptors (Lipinski definition) is 4. The molecule has 104 valence electrons. The maximum absolute atomic E-state index is 13.3. The number of nitrogens with two attached hydrogens (primary N) is 1. The molecular formula is C13H17FN2O3. The number of hydrazine groups is 1. The second kappa shape index (κ2) is 6.60. The van der Waals surface area contributed by atoms with Crippen molar-refractivity contribution in [2.24, 2.45) is 5.84 Å². The Kier molecular flexibility index (Phi) is 4.84. The minimum atomic E-state index is -0.507. The van der Waals surface area contributed by atoms with Gasteiger partial charge in [-0.1, -0.05) is 18.2 Å². The normalized spacial score (nSPS) is 22.4. The van der Waals surface area contributed by atoms with E-state index >= 15 is 0 Å². The average molecular weight is 268 g/mol. The standard InChI is InChI=1S/C13H17FN2O3/c14-11-4-2-1-3-9(11)7-18-8-10-5-6-12(19-10)13(17)16-15/h1-4,10,12H,5-8,15H2,(H,16,17). The molecule has 2 rings (SSSR count). The number of halogens is 1. The van der Waals surface area contributed by atoms with E-state index in [1.807, 2.05) is 0 Å². The van der Waals surface area contributed by atoms with Crippen molar-refractivity contribution in [2.75, 3.05) is 6.61 Å². The van der Waals surface area contributed by atoms with Crippen LogP contribution in [0.5, 0.6) is 0 Å². The quantitative estimate of drug-likeness (QED) is 0.472. The van der Waals surface area contributed by atoms with Gasteiger partial charge in [-0.05, 0) is 18.9 Å². The molecular weight excluding hydrogens is 251 g/mol. The van der Waals surface area contributed by atoms with Crippen molar-refractivity contribution in [1.82, 2.24) is 5.43 Å². The highest BCUT2D eigenvalue weighted by molar-refractivity contribution is 5.80. The summed E-state index contributed by atoms with van der Waals surface area (Å²) in [5.74, 6) is 4.43. The van der Waals surface area contributed by atoms with Gasteiger partial charge in [0.05, 0.1) is 19.3 Å². The molecule has 1 fully saturated rings. The molecule has 2 unspecified atom stereocenters. The molecule has 0 saturated carbocycles. The molecule has 6 heteroatoms. The van der Waals surface area contributed by atoms with E-state index in [9.17, 15) is 9.18 Å². The SMILES string of the molecule is NNC(=O)C1CCC(COCc2ccccc2F)O1. The monoisotopic (exact) mass is 268 g/mol. The molecule has 19 heavy (non-hydrogen) atoms. The van der Waals surface area contributed by atoms with E-state index in [2.05, 4.69) is 5.43 Å². The van der Waals surface area contributed by atoms with Crippen molar-refractivity contribution in [3.63, 3.8) is 0 Å². The van der Waals surface area contributed by atoms with Gasteiger partial charge in [0.2, 0.25) is 0 Å². The Bertz CT molecular complexity index is 442. The van der Waals surface area contributed by atoms with E-state index in [4.69, 9.17) is 15.3 Å². The molecule has 0 bridgehead atoms. The lowest BCUT2D eigenvalue weighted by Crippen LogP contribution is -2.39. The molecule has 3 N–H and O–H groups in total. The molecule has 5 nitrogen and oxygen atoms in total. The zero-order chi connectivity index (χ0) is 13.7. The number of benzene rings is 1. The predicted molar refractivity (Wildman–Crippen MR) is 66.3 cm³/mol. The molecule has 2 atom stereocenters. The summed E-state index contributed by atoms with van der Waals surface area (Å²) in [6.07, 6.45) is 0.702. The Morgan fingerprint density at radius 1 is 1.47 bits per heavy atom. The summed E-state index contributed by atoms with van der Waals surface area (Å²) in [5, 5.41) is 0. The number of ether oxygens (including phenoxy) is 2. The van der Waals surface area contributed by atoms with Gasteiger partial charge >= 0.3 is 0 Å². The summed E-state index contributed by atoms with van der Waals surface area (Å²) in [6, 6.07) is 6.46. The van der Waals surface area contributed by atoms with E-state index in [1.165, 1.54) is 6.07 Å². The molecule has 1 saturated heterocycles. The lowest BCUT2D eigenvalue weighted by molar-refractivity contribution is -0.133. The number of amides is 1. The summed E-state index contributed by atoms with van der Waals surface area (Å²) >= 11 is 0. The molecule has 0 aliphatic carbocycles. The summed E-state index contributed by atoms with van der Waals surface area (Å²) in [5.41, 5.74) is 2.57. The van der Waals surface area contributed by atoms with E-state index in [1.54, 1.807) is 18.2 Å². The van der Waals surface area contributed by atoms with Gasteiger partial charge < -0.3 is 9.47 Å². The molecule has 0 spiro atoms. The Balaban J connectivity index is 1.73. The predicted octanol–water partition coefficient (Wildman–Crippen LogP) is 0.880. The molecule has 1 aliphatic heterocycles. The highest BCUT2D eigenvalue weighted by Gasteiger charge is 2.30. The highest BCUT2D eigenvalue weighted by atomic mass is 19.1. The maximum Gasteiger partial charge on any atom is 0.263 e. The van der Waals surface area contributed by atoms with Gasteiger partial charge in [-0.3, -0.25) is 10.2 Å². The zero-order valence-corrected chi connectivity index (χ0v) is 10.5. The fourth-order valence-electron chi connectivity index (χ4n) is 2.03. The Morgan fingerprint density at radius 2 is 2.26 bits per heavy atom. The van der Waals surface area contributed by atoms with Crippen LogP contribution in [-0.2, 0) is 20.9 Å². The number of nitrogens with one attached hydrogen (secondary N) is 1. The minimum Gasteiger partial charge on any atom is -0.374 e. The van der Waals surface area contributed by atoms with Gasteiger partial charge in [0.1, 0.15) is 11.9 Å². The first-order valence-electron chi connectivity index (χ1n) is 6.17. The Hall–Kier alpha value is -1.50. The van der Waals surface area contributed by atoms with Crippen molar-refractivity contribution in [2.45, 2.75) is 31.7 Å². The number of carbonyl (C=O) groups excluding carboxylic acids is 1.